The van der Waals surface area contributed by atoms with E-state index in [-0.39, 0.29) is 35.0 Å². The van der Waals surface area contributed by atoms with E-state index in [1.54, 1.807) is 18.2 Å². The molecule has 0 bridgehead atoms. The number of carbonyl (C=O) groups excluding carboxylic acids is 1. The molecular weight excluding hydrogens is 416 g/mol. The van der Waals surface area contributed by atoms with Crippen molar-refractivity contribution in [1.29, 1.82) is 0 Å². The third-order valence-corrected chi connectivity index (χ3v) is 7.63. The largest absolute Gasteiger partial charge is 0.379 e. The molecule has 0 radical (unpaired) electrons. The highest BCUT2D eigenvalue weighted by atomic mass is 32.2. The summed E-state index contributed by atoms with van der Waals surface area (Å²) in [6, 6.07) is 12.2. The minimum Gasteiger partial charge on any atom is -0.379 e. The van der Waals surface area contributed by atoms with E-state index in [1.807, 2.05) is 0 Å². The Morgan fingerprint density at radius 2 is 1.72 bits per heavy atom. The zero-order valence-corrected chi connectivity index (χ0v) is 17.5. The summed E-state index contributed by atoms with van der Waals surface area (Å²) in [6.45, 7) is 1.23. The summed E-state index contributed by atoms with van der Waals surface area (Å²) in [6.07, 6.45) is 1.07. The fourth-order valence-electron chi connectivity index (χ4n) is 2.97. The molecule has 2 aromatic carbocycles. The van der Waals surface area contributed by atoms with Crippen molar-refractivity contribution in [3.05, 3.63) is 59.7 Å². The lowest BCUT2D eigenvalue weighted by Gasteiger charge is -2.27. The van der Waals surface area contributed by atoms with Crippen LogP contribution in [0, 0.1) is 0 Å². The number of nitrogens with one attached hydrogen (secondary N) is 1. The molecule has 0 aromatic heterocycles. The van der Waals surface area contributed by atoms with E-state index in [2.05, 4.69) is 5.32 Å². The first-order valence-electron chi connectivity index (χ1n) is 8.94. The Morgan fingerprint density at radius 3 is 2.41 bits per heavy atom. The van der Waals surface area contributed by atoms with Crippen LogP contribution < -0.4 is 5.32 Å². The molecule has 10 heteroatoms. The number of nitrogens with zero attached hydrogens (tertiary/aromatic N) is 1. The monoisotopic (exact) mass is 438 g/mol. The first kappa shape index (κ1) is 21.4. The van der Waals surface area contributed by atoms with Gasteiger partial charge < -0.3 is 10.1 Å². The van der Waals surface area contributed by atoms with E-state index >= 15 is 0 Å². The lowest BCUT2D eigenvalue weighted by molar-refractivity contribution is 0.0730. The Morgan fingerprint density at radius 1 is 1.03 bits per heavy atom. The molecule has 29 heavy (non-hydrogen) atoms. The van der Waals surface area contributed by atoms with Gasteiger partial charge in [0.2, 0.25) is 10.0 Å². The molecule has 3 rings (SSSR count). The van der Waals surface area contributed by atoms with E-state index in [0.717, 1.165) is 6.26 Å². The normalized spacial score (nSPS) is 15.8. The number of benzene rings is 2. The highest BCUT2D eigenvalue weighted by Crippen LogP contribution is 2.21. The van der Waals surface area contributed by atoms with Crippen LogP contribution >= 0.6 is 0 Å². The van der Waals surface area contributed by atoms with Crippen LogP contribution in [0.25, 0.3) is 0 Å². The van der Waals surface area contributed by atoms with Gasteiger partial charge in [0.15, 0.2) is 9.84 Å². The average Bonchev–Trinajstić information content (AvgIpc) is 2.72. The second-order valence-electron chi connectivity index (χ2n) is 6.61. The summed E-state index contributed by atoms with van der Waals surface area (Å²) in [7, 11) is -7.15. The number of hydrogen-bond acceptors (Lipinski definition) is 6. The SMILES string of the molecule is CS(=O)(=O)c1cccc(C(=O)NCc2ccccc2S(=O)(=O)N2CCOCC2)c1. The highest BCUT2D eigenvalue weighted by molar-refractivity contribution is 7.90. The summed E-state index contributed by atoms with van der Waals surface area (Å²) < 4.78 is 55.9. The van der Waals surface area contributed by atoms with E-state index in [9.17, 15) is 21.6 Å². The maximum Gasteiger partial charge on any atom is 0.251 e. The highest BCUT2D eigenvalue weighted by Gasteiger charge is 2.28. The molecule has 1 amide bonds. The summed E-state index contributed by atoms with van der Waals surface area (Å²) in [5.41, 5.74) is 0.632. The first-order valence-corrected chi connectivity index (χ1v) is 12.3. The van der Waals surface area contributed by atoms with Gasteiger partial charge in [0.1, 0.15) is 0 Å². The second-order valence-corrected chi connectivity index (χ2v) is 10.5. The summed E-state index contributed by atoms with van der Waals surface area (Å²) in [5.74, 6) is -0.492. The van der Waals surface area contributed by atoms with Crippen LogP contribution in [0.15, 0.2) is 58.3 Å². The zero-order valence-electron chi connectivity index (χ0n) is 15.9. The number of hydrogen-bond donors (Lipinski definition) is 1. The topological polar surface area (TPSA) is 110 Å². The fraction of sp³-hybridized carbons (Fsp3) is 0.316. The Hall–Kier alpha value is -2.27. The number of carbonyl (C=O) groups is 1. The molecular formula is C19H22N2O6S2. The molecule has 1 heterocycles. The molecule has 1 fully saturated rings. The van der Waals surface area contributed by atoms with Crippen molar-refractivity contribution in [2.45, 2.75) is 16.3 Å². The van der Waals surface area contributed by atoms with Gasteiger partial charge in [-0.2, -0.15) is 4.31 Å². The van der Waals surface area contributed by atoms with Crippen molar-refractivity contribution in [2.75, 3.05) is 32.6 Å². The van der Waals surface area contributed by atoms with Crippen molar-refractivity contribution in [1.82, 2.24) is 9.62 Å². The number of morpholine rings is 1. The fourth-order valence-corrected chi connectivity index (χ4v) is 5.27. The maximum atomic E-state index is 13.0. The number of ether oxygens (including phenoxy) is 1. The van der Waals surface area contributed by atoms with Crippen LogP contribution in [0.4, 0.5) is 0 Å². The molecule has 1 aliphatic heterocycles. The zero-order chi connectivity index (χ0) is 21.1. The minimum absolute atomic E-state index is 0.0122. The van der Waals surface area contributed by atoms with Crippen LogP contribution in [0.2, 0.25) is 0 Å². The molecule has 1 saturated heterocycles. The average molecular weight is 439 g/mol. The van der Waals surface area contributed by atoms with Gasteiger partial charge in [-0.15, -0.1) is 0 Å². The first-order chi connectivity index (χ1) is 13.7. The van der Waals surface area contributed by atoms with Crippen molar-refractivity contribution in [3.8, 4) is 0 Å². The summed E-state index contributed by atoms with van der Waals surface area (Å²) >= 11 is 0. The quantitative estimate of drug-likeness (QED) is 0.722. The van der Waals surface area contributed by atoms with Crippen LogP contribution in [-0.2, 0) is 31.1 Å². The van der Waals surface area contributed by atoms with Crippen LogP contribution in [0.3, 0.4) is 0 Å². The molecule has 0 aliphatic carbocycles. The van der Waals surface area contributed by atoms with Gasteiger partial charge in [-0.3, -0.25) is 4.79 Å². The van der Waals surface area contributed by atoms with Crippen LogP contribution in [0.1, 0.15) is 15.9 Å². The van der Waals surface area contributed by atoms with Crippen molar-refractivity contribution in [2.24, 2.45) is 0 Å². The third-order valence-electron chi connectivity index (χ3n) is 4.52. The van der Waals surface area contributed by atoms with Crippen LogP contribution in [-0.4, -0.2) is 59.6 Å². The van der Waals surface area contributed by atoms with Crippen molar-refractivity contribution >= 4 is 25.8 Å². The van der Waals surface area contributed by atoms with Gasteiger partial charge in [-0.25, -0.2) is 16.8 Å². The number of sulfone groups is 1. The Kier molecular flexibility index (Phi) is 6.37. The Labute approximate surface area is 170 Å². The molecule has 0 spiro atoms. The van der Waals surface area contributed by atoms with Gasteiger partial charge in [-0.05, 0) is 29.8 Å². The van der Waals surface area contributed by atoms with Gasteiger partial charge in [0.25, 0.3) is 5.91 Å². The Balaban J connectivity index is 1.79. The Bertz CT molecular complexity index is 1110. The molecule has 156 valence electrons. The molecule has 8 nitrogen and oxygen atoms in total. The molecule has 0 saturated carbocycles. The van der Waals surface area contributed by atoms with Crippen molar-refractivity contribution < 1.29 is 26.4 Å². The minimum atomic E-state index is -3.71. The van der Waals surface area contributed by atoms with Gasteiger partial charge in [0, 0.05) is 31.5 Å². The molecule has 1 N–H and O–H groups in total. The summed E-state index contributed by atoms with van der Waals surface area (Å²) in [5, 5.41) is 2.67. The van der Waals surface area contributed by atoms with Crippen molar-refractivity contribution in [3.63, 3.8) is 0 Å². The molecule has 2 aromatic rings. The number of sulfonamides is 1. The van der Waals surface area contributed by atoms with E-state index in [1.165, 1.54) is 34.6 Å². The standard InChI is InChI=1S/C19H22N2O6S2/c1-28(23,24)17-7-4-6-15(13-17)19(22)20-14-16-5-2-3-8-18(16)29(25,26)21-9-11-27-12-10-21/h2-8,13H,9-12,14H2,1H3,(H,20,22). The number of rotatable bonds is 6. The van der Waals surface area contributed by atoms with E-state index in [0.29, 0.717) is 18.8 Å². The molecule has 1 aliphatic rings. The predicted octanol–water partition coefficient (Wildman–Crippen LogP) is 1.04. The number of amides is 1. The lowest BCUT2D eigenvalue weighted by Crippen LogP contribution is -2.41. The second kappa shape index (κ2) is 8.62. The third kappa shape index (κ3) is 5.02. The van der Waals surface area contributed by atoms with E-state index < -0.39 is 25.8 Å². The molecule has 0 atom stereocenters. The lowest BCUT2D eigenvalue weighted by atomic mass is 10.2. The van der Waals surface area contributed by atoms with Gasteiger partial charge in [0.05, 0.1) is 23.0 Å². The predicted molar refractivity (Wildman–Crippen MR) is 107 cm³/mol. The van der Waals surface area contributed by atoms with Gasteiger partial charge in [-0.1, -0.05) is 24.3 Å². The molecule has 0 unspecified atom stereocenters. The smallest absolute Gasteiger partial charge is 0.251 e. The maximum absolute atomic E-state index is 13.0. The summed E-state index contributed by atoms with van der Waals surface area (Å²) in [4.78, 5) is 12.7. The van der Waals surface area contributed by atoms with Gasteiger partial charge >= 0.3 is 0 Å². The van der Waals surface area contributed by atoms with Crippen LogP contribution in [0.5, 0.6) is 0 Å². The van der Waals surface area contributed by atoms with E-state index in [4.69, 9.17) is 4.74 Å².